The average Bonchev–Trinajstić information content (AvgIpc) is 2.77. The molecule has 0 bridgehead atoms. The number of nitrogens with zero attached hydrogens (tertiary/aromatic N) is 2. The van der Waals surface area contributed by atoms with Crippen molar-refractivity contribution in [3.8, 4) is 5.75 Å². The Kier molecular flexibility index (Phi) is 5.91. The molecule has 4 rings (SSSR count). The molecule has 4 nitrogen and oxygen atoms in total. The first kappa shape index (κ1) is 19.6. The van der Waals surface area contributed by atoms with Gasteiger partial charge in [-0.1, -0.05) is 54.9 Å². The molecule has 3 aromatic rings. The molecule has 0 spiro atoms. The van der Waals surface area contributed by atoms with E-state index in [0.717, 1.165) is 40.3 Å². The van der Waals surface area contributed by atoms with Crippen molar-refractivity contribution in [2.24, 2.45) is 0 Å². The van der Waals surface area contributed by atoms with Crippen molar-refractivity contribution in [1.29, 1.82) is 0 Å². The molecule has 1 amide bonds. The standard InChI is InChI=1S/C24H25ClN2O2/c1-2-23(29-22-11-10-18-6-3-4-7-19(18)16-22)24(28)27-14-12-26(13-15-27)21-9-5-8-20(25)17-21/h3-11,16-17,23H,2,12-15H2,1H3. The summed E-state index contributed by atoms with van der Waals surface area (Å²) in [5.74, 6) is 0.799. The zero-order valence-electron chi connectivity index (χ0n) is 16.6. The molecule has 1 aliphatic rings. The molecule has 0 N–H and O–H groups in total. The average molecular weight is 409 g/mol. The number of fused-ring (bicyclic) bond motifs is 1. The highest BCUT2D eigenvalue weighted by molar-refractivity contribution is 6.30. The van der Waals surface area contributed by atoms with Gasteiger partial charge in [-0.15, -0.1) is 0 Å². The van der Waals surface area contributed by atoms with Crippen LogP contribution in [0.4, 0.5) is 5.69 Å². The summed E-state index contributed by atoms with van der Waals surface area (Å²) in [6, 6.07) is 22.0. The minimum Gasteiger partial charge on any atom is -0.481 e. The highest BCUT2D eigenvalue weighted by Crippen LogP contribution is 2.24. The number of hydrogen-bond acceptors (Lipinski definition) is 3. The zero-order valence-corrected chi connectivity index (χ0v) is 17.3. The fourth-order valence-corrected chi connectivity index (χ4v) is 3.96. The van der Waals surface area contributed by atoms with Crippen molar-refractivity contribution >= 4 is 34.0 Å². The molecule has 0 aromatic heterocycles. The molecule has 5 heteroatoms. The van der Waals surface area contributed by atoms with Crippen LogP contribution in [0.1, 0.15) is 13.3 Å². The zero-order chi connectivity index (χ0) is 20.2. The van der Waals surface area contributed by atoms with E-state index in [1.807, 2.05) is 60.4 Å². The second-order valence-electron chi connectivity index (χ2n) is 7.32. The predicted octanol–water partition coefficient (Wildman–Crippen LogP) is 5.00. The van der Waals surface area contributed by atoms with E-state index < -0.39 is 6.10 Å². The van der Waals surface area contributed by atoms with Crippen LogP contribution in [-0.2, 0) is 4.79 Å². The number of ether oxygens (including phenoxy) is 1. The minimum absolute atomic E-state index is 0.0615. The third kappa shape index (κ3) is 4.48. The van der Waals surface area contributed by atoms with Crippen LogP contribution in [0.2, 0.25) is 5.02 Å². The lowest BCUT2D eigenvalue weighted by atomic mass is 10.1. The minimum atomic E-state index is -0.464. The molecule has 1 unspecified atom stereocenters. The second kappa shape index (κ2) is 8.75. The van der Waals surface area contributed by atoms with Gasteiger partial charge in [0.15, 0.2) is 6.10 Å². The van der Waals surface area contributed by atoms with Crippen LogP contribution in [0.15, 0.2) is 66.7 Å². The van der Waals surface area contributed by atoms with Gasteiger partial charge in [0.2, 0.25) is 0 Å². The van der Waals surface area contributed by atoms with E-state index in [2.05, 4.69) is 23.1 Å². The van der Waals surface area contributed by atoms with Crippen molar-refractivity contribution in [3.05, 3.63) is 71.8 Å². The number of carbonyl (C=O) groups excluding carboxylic acids is 1. The van der Waals surface area contributed by atoms with Crippen LogP contribution >= 0.6 is 11.6 Å². The second-order valence-corrected chi connectivity index (χ2v) is 7.75. The van der Waals surface area contributed by atoms with Gasteiger partial charge in [-0.25, -0.2) is 0 Å². The first-order valence-corrected chi connectivity index (χ1v) is 10.5. The summed E-state index contributed by atoms with van der Waals surface area (Å²) >= 11 is 6.11. The molecule has 0 saturated carbocycles. The largest absolute Gasteiger partial charge is 0.481 e. The number of carbonyl (C=O) groups is 1. The smallest absolute Gasteiger partial charge is 0.263 e. The van der Waals surface area contributed by atoms with Gasteiger partial charge in [-0.3, -0.25) is 4.79 Å². The number of hydrogen-bond donors (Lipinski definition) is 0. The number of rotatable bonds is 5. The summed E-state index contributed by atoms with van der Waals surface area (Å²) in [6.45, 7) is 4.94. The summed E-state index contributed by atoms with van der Waals surface area (Å²) in [5.41, 5.74) is 1.10. The molecular formula is C24H25ClN2O2. The van der Waals surface area contributed by atoms with Crippen molar-refractivity contribution < 1.29 is 9.53 Å². The van der Waals surface area contributed by atoms with E-state index in [1.54, 1.807) is 0 Å². The van der Waals surface area contributed by atoms with Crippen LogP contribution in [-0.4, -0.2) is 43.1 Å². The molecule has 1 heterocycles. The van der Waals surface area contributed by atoms with E-state index in [-0.39, 0.29) is 5.91 Å². The summed E-state index contributed by atoms with van der Waals surface area (Å²) in [4.78, 5) is 17.2. The Hall–Kier alpha value is -2.72. The molecule has 3 aromatic carbocycles. The van der Waals surface area contributed by atoms with Crippen molar-refractivity contribution in [3.63, 3.8) is 0 Å². The van der Waals surface area contributed by atoms with Crippen LogP contribution in [0, 0.1) is 0 Å². The molecule has 1 atom stereocenters. The van der Waals surface area contributed by atoms with Crippen LogP contribution in [0.3, 0.4) is 0 Å². The van der Waals surface area contributed by atoms with E-state index in [9.17, 15) is 4.79 Å². The SMILES string of the molecule is CCC(Oc1ccc2ccccc2c1)C(=O)N1CCN(c2cccc(Cl)c2)CC1. The maximum Gasteiger partial charge on any atom is 0.263 e. The third-order valence-electron chi connectivity index (χ3n) is 5.41. The Balaban J connectivity index is 1.39. The monoisotopic (exact) mass is 408 g/mol. The molecular weight excluding hydrogens is 384 g/mol. The lowest BCUT2D eigenvalue weighted by molar-refractivity contribution is -0.139. The summed E-state index contributed by atoms with van der Waals surface area (Å²) in [7, 11) is 0. The van der Waals surface area contributed by atoms with E-state index >= 15 is 0 Å². The highest BCUT2D eigenvalue weighted by Gasteiger charge is 2.28. The van der Waals surface area contributed by atoms with Gasteiger partial charge in [0, 0.05) is 36.9 Å². The highest BCUT2D eigenvalue weighted by atomic mass is 35.5. The normalized spacial score (nSPS) is 15.4. The van der Waals surface area contributed by atoms with Crippen molar-refractivity contribution in [1.82, 2.24) is 4.90 Å². The van der Waals surface area contributed by atoms with Gasteiger partial charge in [0.05, 0.1) is 0 Å². The molecule has 1 aliphatic heterocycles. The van der Waals surface area contributed by atoms with E-state index in [0.29, 0.717) is 19.5 Å². The Bertz CT molecular complexity index is 999. The first-order chi connectivity index (χ1) is 14.1. The fourth-order valence-electron chi connectivity index (χ4n) is 3.77. The molecule has 0 aliphatic carbocycles. The van der Waals surface area contributed by atoms with Gasteiger partial charge >= 0.3 is 0 Å². The van der Waals surface area contributed by atoms with Gasteiger partial charge in [0.1, 0.15) is 5.75 Å². The fraction of sp³-hybridized carbons (Fsp3) is 0.292. The van der Waals surface area contributed by atoms with Gasteiger partial charge < -0.3 is 14.5 Å². The lowest BCUT2D eigenvalue weighted by Gasteiger charge is -2.37. The van der Waals surface area contributed by atoms with Crippen molar-refractivity contribution in [2.75, 3.05) is 31.1 Å². The molecule has 0 radical (unpaired) electrons. The molecule has 150 valence electrons. The number of amides is 1. The number of benzene rings is 3. The summed E-state index contributed by atoms with van der Waals surface area (Å²) in [6.07, 6.45) is 0.175. The Morgan fingerprint density at radius 1 is 0.966 bits per heavy atom. The number of piperazine rings is 1. The number of anilines is 1. The molecule has 1 fully saturated rings. The number of halogens is 1. The topological polar surface area (TPSA) is 32.8 Å². The quantitative estimate of drug-likeness (QED) is 0.595. The third-order valence-corrected chi connectivity index (χ3v) is 5.65. The van der Waals surface area contributed by atoms with Crippen LogP contribution < -0.4 is 9.64 Å². The predicted molar refractivity (Wildman–Crippen MR) is 119 cm³/mol. The van der Waals surface area contributed by atoms with E-state index in [1.165, 1.54) is 0 Å². The summed E-state index contributed by atoms with van der Waals surface area (Å²) in [5, 5.41) is 3.01. The maximum absolute atomic E-state index is 13.1. The molecule has 1 saturated heterocycles. The van der Waals surface area contributed by atoms with E-state index in [4.69, 9.17) is 16.3 Å². The van der Waals surface area contributed by atoms with Gasteiger partial charge in [-0.2, -0.15) is 0 Å². The molecule has 29 heavy (non-hydrogen) atoms. The van der Waals surface area contributed by atoms with Gasteiger partial charge in [-0.05, 0) is 47.5 Å². The van der Waals surface area contributed by atoms with Crippen LogP contribution in [0.5, 0.6) is 5.75 Å². The maximum atomic E-state index is 13.1. The first-order valence-electron chi connectivity index (χ1n) is 10.1. The summed E-state index contributed by atoms with van der Waals surface area (Å²) < 4.78 is 6.09. The van der Waals surface area contributed by atoms with Crippen LogP contribution in [0.25, 0.3) is 10.8 Å². The van der Waals surface area contributed by atoms with Gasteiger partial charge in [0.25, 0.3) is 5.91 Å². The Labute approximate surface area is 176 Å². The Morgan fingerprint density at radius 3 is 2.45 bits per heavy atom. The van der Waals surface area contributed by atoms with Crippen molar-refractivity contribution in [2.45, 2.75) is 19.4 Å². The lowest BCUT2D eigenvalue weighted by Crippen LogP contribution is -2.52. The Morgan fingerprint density at radius 2 is 1.72 bits per heavy atom.